The minimum absolute atomic E-state index is 0.256. The molecule has 4 rings (SSSR count). The van der Waals surface area contributed by atoms with Crippen molar-refractivity contribution in [3.05, 3.63) is 45.0 Å². The Morgan fingerprint density at radius 2 is 1.10 bits per heavy atom. The summed E-state index contributed by atoms with van der Waals surface area (Å²) in [7, 11) is 0. The van der Waals surface area contributed by atoms with E-state index in [4.69, 9.17) is 11.5 Å². The number of hydrogen-bond acceptors (Lipinski definition) is 4. The monoisotopic (exact) mass is 266 g/mol. The van der Waals surface area contributed by atoms with E-state index in [0.717, 1.165) is 0 Å². The number of nitrogens with one attached hydrogen (secondary N) is 2. The number of nitrogens with two attached hydrogens (primary N) is 2. The molecule has 0 saturated heterocycles. The van der Waals surface area contributed by atoms with E-state index in [1.54, 1.807) is 24.3 Å². The Bertz CT molecular complexity index is 1020. The third kappa shape index (κ3) is 1.22. The van der Waals surface area contributed by atoms with Gasteiger partial charge in [0.1, 0.15) is 0 Å². The maximum atomic E-state index is 12.2. The van der Waals surface area contributed by atoms with E-state index in [9.17, 15) is 9.59 Å². The first kappa shape index (κ1) is 10.9. The van der Waals surface area contributed by atoms with Crippen molar-refractivity contribution in [2.24, 2.45) is 0 Å². The number of nitrogen functional groups attached to an aromatic ring is 2. The first-order valence-corrected chi connectivity index (χ1v) is 6.04. The maximum Gasteiger partial charge on any atom is 0.256 e. The molecule has 2 aromatic carbocycles. The van der Waals surface area contributed by atoms with Gasteiger partial charge in [-0.25, -0.2) is 0 Å². The Morgan fingerprint density at radius 3 is 1.50 bits per heavy atom. The first-order chi connectivity index (χ1) is 9.54. The van der Waals surface area contributed by atoms with Crippen molar-refractivity contribution in [2.45, 2.75) is 0 Å². The van der Waals surface area contributed by atoms with Gasteiger partial charge >= 0.3 is 0 Å². The van der Waals surface area contributed by atoms with E-state index in [0.29, 0.717) is 44.0 Å². The minimum Gasteiger partial charge on any atom is -0.399 e. The molecule has 0 atom stereocenters. The summed E-state index contributed by atoms with van der Waals surface area (Å²) in [5.74, 6) is 0. The van der Waals surface area contributed by atoms with Crippen molar-refractivity contribution in [1.29, 1.82) is 0 Å². The van der Waals surface area contributed by atoms with Gasteiger partial charge in [0.25, 0.3) is 11.1 Å². The second kappa shape index (κ2) is 3.30. The van der Waals surface area contributed by atoms with E-state index >= 15 is 0 Å². The van der Waals surface area contributed by atoms with Crippen LogP contribution in [-0.4, -0.2) is 9.97 Å². The number of anilines is 2. The van der Waals surface area contributed by atoms with Crippen LogP contribution in [0.2, 0.25) is 0 Å². The van der Waals surface area contributed by atoms with Gasteiger partial charge in [-0.3, -0.25) is 9.59 Å². The van der Waals surface area contributed by atoms with Crippen LogP contribution in [0.15, 0.2) is 33.9 Å². The fourth-order valence-electron chi connectivity index (χ4n) is 2.80. The lowest BCUT2D eigenvalue weighted by atomic mass is 10.0. The molecule has 0 radical (unpaired) electrons. The van der Waals surface area contributed by atoms with Crippen LogP contribution in [0, 0.1) is 0 Å². The van der Waals surface area contributed by atoms with Crippen LogP contribution < -0.4 is 22.6 Å². The van der Waals surface area contributed by atoms with E-state index < -0.39 is 0 Å². The van der Waals surface area contributed by atoms with Crippen molar-refractivity contribution in [2.75, 3.05) is 11.5 Å². The van der Waals surface area contributed by atoms with Crippen LogP contribution in [0.1, 0.15) is 0 Å². The van der Waals surface area contributed by atoms with Crippen molar-refractivity contribution >= 4 is 44.0 Å². The molecule has 6 heteroatoms. The molecule has 0 unspecified atom stereocenters. The van der Waals surface area contributed by atoms with Gasteiger partial charge in [-0.15, -0.1) is 0 Å². The van der Waals surface area contributed by atoms with Gasteiger partial charge in [-0.1, -0.05) is 0 Å². The first-order valence-electron chi connectivity index (χ1n) is 6.04. The van der Waals surface area contributed by atoms with Gasteiger partial charge in [-0.05, 0) is 24.3 Å². The lowest BCUT2D eigenvalue weighted by Crippen LogP contribution is -2.13. The highest BCUT2D eigenvalue weighted by Gasteiger charge is 2.15. The zero-order chi connectivity index (χ0) is 14.0. The third-order valence-electron chi connectivity index (χ3n) is 3.56. The number of H-pyrrole nitrogens is 2. The Kier molecular flexibility index (Phi) is 1.79. The third-order valence-corrected chi connectivity index (χ3v) is 3.56. The van der Waals surface area contributed by atoms with Crippen LogP contribution >= 0.6 is 0 Å². The average Bonchev–Trinajstić information content (AvgIpc) is 2.37. The van der Waals surface area contributed by atoms with Gasteiger partial charge in [0.15, 0.2) is 0 Å². The zero-order valence-electron chi connectivity index (χ0n) is 10.3. The summed E-state index contributed by atoms with van der Waals surface area (Å²) in [4.78, 5) is 29.8. The molecule has 0 spiro atoms. The highest BCUT2D eigenvalue weighted by molar-refractivity contribution is 6.21. The molecular formula is C14H10N4O2. The highest BCUT2D eigenvalue weighted by atomic mass is 16.1. The van der Waals surface area contributed by atoms with Gasteiger partial charge in [0.2, 0.25) is 0 Å². The molecular weight excluding hydrogens is 256 g/mol. The Labute approximate surface area is 111 Å². The number of hydrogen-bond donors (Lipinski definition) is 4. The summed E-state index contributed by atoms with van der Waals surface area (Å²) in [5, 5.41) is 2.32. The Balaban J connectivity index is 2.53. The standard InChI is InChI=1S/C14H10N4O2/c15-5-1-7-11-9(3-5)18-14(20)8-2-6(16)4-10(12(8)11)17-13(7)19/h1-4H,15-16H2,(H,17,19)(H,18,20). The molecule has 2 aromatic heterocycles. The number of benzene rings is 2. The largest absolute Gasteiger partial charge is 0.399 e. The smallest absolute Gasteiger partial charge is 0.256 e. The SMILES string of the molecule is Nc1cc2[nH]c(=O)c3cc(N)cc4[nH]c(=O)c(c1)c2c43. The number of aromatic amines is 2. The predicted molar refractivity (Wildman–Crippen MR) is 80.2 cm³/mol. The minimum atomic E-state index is -0.256. The van der Waals surface area contributed by atoms with Gasteiger partial charge in [0, 0.05) is 22.1 Å². The lowest BCUT2D eigenvalue weighted by molar-refractivity contribution is 1.31. The van der Waals surface area contributed by atoms with Crippen LogP contribution in [0.25, 0.3) is 32.6 Å². The van der Waals surface area contributed by atoms with Crippen LogP contribution in [0.4, 0.5) is 11.4 Å². The second-order valence-electron chi connectivity index (χ2n) is 4.89. The molecule has 0 amide bonds. The molecule has 0 bridgehead atoms. The van der Waals surface area contributed by atoms with Crippen LogP contribution in [0.5, 0.6) is 0 Å². The molecule has 0 aliphatic rings. The number of aromatic nitrogens is 2. The lowest BCUT2D eigenvalue weighted by Gasteiger charge is -2.11. The normalized spacial score (nSPS) is 11.8. The molecule has 0 fully saturated rings. The fraction of sp³-hybridized carbons (Fsp3) is 0. The van der Waals surface area contributed by atoms with E-state index in [1.807, 2.05) is 0 Å². The van der Waals surface area contributed by atoms with Crippen molar-refractivity contribution in [1.82, 2.24) is 9.97 Å². The quantitative estimate of drug-likeness (QED) is 0.282. The highest BCUT2D eigenvalue weighted by Crippen LogP contribution is 2.31. The second-order valence-corrected chi connectivity index (χ2v) is 4.89. The molecule has 0 saturated carbocycles. The number of pyridine rings is 2. The molecule has 2 heterocycles. The maximum absolute atomic E-state index is 12.2. The van der Waals surface area contributed by atoms with Crippen molar-refractivity contribution in [3.63, 3.8) is 0 Å². The molecule has 20 heavy (non-hydrogen) atoms. The van der Waals surface area contributed by atoms with E-state index in [-0.39, 0.29) is 11.1 Å². The van der Waals surface area contributed by atoms with Crippen LogP contribution in [0.3, 0.4) is 0 Å². The summed E-state index contributed by atoms with van der Waals surface area (Å²) in [5.41, 5.74) is 13.0. The van der Waals surface area contributed by atoms with Gasteiger partial charge in [0.05, 0.1) is 21.8 Å². The van der Waals surface area contributed by atoms with Crippen molar-refractivity contribution < 1.29 is 0 Å². The molecule has 6 nitrogen and oxygen atoms in total. The molecule has 6 N–H and O–H groups in total. The molecule has 4 aromatic rings. The average molecular weight is 266 g/mol. The Hall–Kier alpha value is -3.02. The summed E-state index contributed by atoms with van der Waals surface area (Å²) in [6, 6.07) is 6.51. The molecule has 0 aliphatic carbocycles. The summed E-state index contributed by atoms with van der Waals surface area (Å²) < 4.78 is 0. The van der Waals surface area contributed by atoms with Crippen molar-refractivity contribution in [3.8, 4) is 0 Å². The molecule has 0 aliphatic heterocycles. The fourth-order valence-corrected chi connectivity index (χ4v) is 2.80. The van der Waals surface area contributed by atoms with E-state index in [2.05, 4.69) is 9.97 Å². The molecule has 98 valence electrons. The zero-order valence-corrected chi connectivity index (χ0v) is 10.3. The predicted octanol–water partition coefficient (Wildman–Crippen LogP) is 1.12. The topological polar surface area (TPSA) is 118 Å². The summed E-state index contributed by atoms with van der Waals surface area (Å²) >= 11 is 0. The summed E-state index contributed by atoms with van der Waals surface area (Å²) in [6.45, 7) is 0. The summed E-state index contributed by atoms with van der Waals surface area (Å²) in [6.07, 6.45) is 0. The van der Waals surface area contributed by atoms with Crippen LogP contribution in [-0.2, 0) is 0 Å². The van der Waals surface area contributed by atoms with Gasteiger partial charge < -0.3 is 21.4 Å². The number of rotatable bonds is 0. The van der Waals surface area contributed by atoms with Gasteiger partial charge in [-0.2, -0.15) is 0 Å². The Morgan fingerprint density at radius 1 is 0.700 bits per heavy atom. The van der Waals surface area contributed by atoms with E-state index in [1.165, 1.54) is 0 Å².